The van der Waals surface area contributed by atoms with Crippen LogP contribution in [0.5, 0.6) is 11.5 Å². The van der Waals surface area contributed by atoms with Gasteiger partial charge in [0.1, 0.15) is 22.7 Å². The highest BCUT2D eigenvalue weighted by Gasteiger charge is 2.17. The van der Waals surface area contributed by atoms with E-state index in [1.807, 2.05) is 41.5 Å². The first-order chi connectivity index (χ1) is 8.11. The minimum absolute atomic E-state index is 0.276. The van der Waals surface area contributed by atoms with Crippen LogP contribution in [0.15, 0.2) is 18.2 Å². The monoisotopic (exact) mass is 250 g/mol. The van der Waals surface area contributed by atoms with E-state index < -0.39 is 0 Å². The minimum atomic E-state index is -0.349. The molecule has 0 aliphatic carbocycles. The Morgan fingerprint density at radius 3 is 1.94 bits per heavy atom. The molecule has 0 saturated heterocycles. The molecule has 0 bridgehead atoms. The van der Waals surface area contributed by atoms with Crippen molar-refractivity contribution in [3.8, 4) is 11.5 Å². The fraction of sp³-hybridized carbons (Fsp3) is 0.533. The molecular formula is C15H22O3. The summed E-state index contributed by atoms with van der Waals surface area (Å²) in [7, 11) is 0. The molecule has 0 N–H and O–H groups in total. The van der Waals surface area contributed by atoms with E-state index in [1.54, 1.807) is 18.2 Å². The minimum Gasteiger partial charge on any atom is -0.488 e. The molecule has 0 spiro atoms. The van der Waals surface area contributed by atoms with Gasteiger partial charge in [-0.3, -0.25) is 4.79 Å². The Hall–Kier alpha value is -1.51. The largest absolute Gasteiger partial charge is 0.488 e. The van der Waals surface area contributed by atoms with E-state index >= 15 is 0 Å². The summed E-state index contributed by atoms with van der Waals surface area (Å²) in [4.78, 5) is 11.0. The maximum atomic E-state index is 11.0. The van der Waals surface area contributed by atoms with Crippen LogP contribution in [0.3, 0.4) is 0 Å². The van der Waals surface area contributed by atoms with Crippen molar-refractivity contribution < 1.29 is 14.3 Å². The summed E-state index contributed by atoms with van der Waals surface area (Å²) in [5.74, 6) is 1.26. The van der Waals surface area contributed by atoms with Gasteiger partial charge < -0.3 is 9.47 Å². The molecule has 0 aliphatic heterocycles. The zero-order valence-electron chi connectivity index (χ0n) is 12.0. The van der Waals surface area contributed by atoms with Crippen LogP contribution in [0.1, 0.15) is 51.9 Å². The number of hydrogen-bond acceptors (Lipinski definition) is 3. The van der Waals surface area contributed by atoms with Crippen molar-refractivity contribution in [1.82, 2.24) is 0 Å². The van der Waals surface area contributed by atoms with Gasteiger partial charge in [-0.2, -0.15) is 0 Å². The van der Waals surface area contributed by atoms with Crippen molar-refractivity contribution in [2.45, 2.75) is 52.7 Å². The highest BCUT2D eigenvalue weighted by Crippen LogP contribution is 2.29. The normalized spacial score (nSPS) is 12.1. The number of aldehydes is 1. The van der Waals surface area contributed by atoms with Crippen LogP contribution < -0.4 is 9.47 Å². The third kappa shape index (κ3) is 4.78. The number of hydrogen-bond donors (Lipinski definition) is 0. The molecule has 0 amide bonds. The summed E-state index contributed by atoms with van der Waals surface area (Å²) in [6.45, 7) is 11.8. The van der Waals surface area contributed by atoms with Gasteiger partial charge in [-0.1, -0.05) is 0 Å². The van der Waals surface area contributed by atoms with Crippen molar-refractivity contribution in [1.29, 1.82) is 0 Å². The first kappa shape index (κ1) is 14.6. The van der Waals surface area contributed by atoms with Gasteiger partial charge in [-0.25, -0.2) is 0 Å². The van der Waals surface area contributed by atoms with Gasteiger partial charge in [0, 0.05) is 6.07 Å². The molecule has 3 heteroatoms. The summed E-state index contributed by atoms with van der Waals surface area (Å²) in [5, 5.41) is 0. The van der Waals surface area contributed by atoms with Crippen LogP contribution in [0.4, 0.5) is 0 Å². The summed E-state index contributed by atoms with van der Waals surface area (Å²) < 4.78 is 11.5. The second-order valence-corrected chi connectivity index (χ2v) is 6.25. The van der Waals surface area contributed by atoms with Crippen molar-refractivity contribution in [2.75, 3.05) is 0 Å². The fourth-order valence-electron chi connectivity index (χ4n) is 1.45. The lowest BCUT2D eigenvalue weighted by atomic mass is 10.1. The number of carbonyl (C=O) groups is 1. The summed E-state index contributed by atoms with van der Waals surface area (Å²) >= 11 is 0. The van der Waals surface area contributed by atoms with Crippen LogP contribution in [0.2, 0.25) is 0 Å². The Morgan fingerprint density at radius 1 is 0.944 bits per heavy atom. The number of ether oxygens (including phenoxy) is 2. The third-order valence-electron chi connectivity index (χ3n) is 1.95. The van der Waals surface area contributed by atoms with Gasteiger partial charge in [0.15, 0.2) is 6.29 Å². The summed E-state index contributed by atoms with van der Waals surface area (Å²) in [6.07, 6.45) is 0.794. The Labute approximate surface area is 109 Å². The molecule has 1 aromatic rings. The van der Waals surface area contributed by atoms with Crippen molar-refractivity contribution in [2.24, 2.45) is 0 Å². The van der Waals surface area contributed by atoms with Gasteiger partial charge in [0.2, 0.25) is 0 Å². The molecule has 0 unspecified atom stereocenters. The smallest absolute Gasteiger partial charge is 0.153 e. The number of rotatable bonds is 3. The third-order valence-corrected chi connectivity index (χ3v) is 1.95. The van der Waals surface area contributed by atoms with Crippen molar-refractivity contribution in [3.63, 3.8) is 0 Å². The van der Waals surface area contributed by atoms with E-state index in [0.717, 1.165) is 6.29 Å². The summed E-state index contributed by atoms with van der Waals surface area (Å²) in [5.41, 5.74) is -0.0917. The van der Waals surface area contributed by atoms with Gasteiger partial charge in [-0.05, 0) is 53.7 Å². The molecule has 0 heterocycles. The Balaban J connectivity index is 3.06. The zero-order chi connectivity index (χ0) is 14.0. The molecular weight excluding hydrogens is 228 g/mol. The lowest BCUT2D eigenvalue weighted by Gasteiger charge is -2.25. The molecule has 100 valence electrons. The molecule has 0 saturated carbocycles. The number of carbonyl (C=O) groups excluding carboxylic acids is 1. The first-order valence-electron chi connectivity index (χ1n) is 6.08. The van der Waals surface area contributed by atoms with Crippen LogP contribution in [0.25, 0.3) is 0 Å². The zero-order valence-corrected chi connectivity index (χ0v) is 12.0. The molecule has 18 heavy (non-hydrogen) atoms. The second kappa shape index (κ2) is 5.01. The first-order valence-corrected chi connectivity index (χ1v) is 6.08. The average molecular weight is 250 g/mol. The number of benzene rings is 1. The van der Waals surface area contributed by atoms with Gasteiger partial charge in [0.05, 0.1) is 5.56 Å². The van der Waals surface area contributed by atoms with Crippen LogP contribution in [0, 0.1) is 0 Å². The van der Waals surface area contributed by atoms with E-state index in [9.17, 15) is 4.79 Å². The molecule has 0 aromatic heterocycles. The Bertz CT molecular complexity index is 422. The predicted molar refractivity (Wildman–Crippen MR) is 72.6 cm³/mol. The molecule has 0 fully saturated rings. The topological polar surface area (TPSA) is 35.5 Å². The highest BCUT2D eigenvalue weighted by atomic mass is 16.5. The van der Waals surface area contributed by atoms with Gasteiger partial charge in [-0.15, -0.1) is 0 Å². The Morgan fingerprint density at radius 2 is 1.50 bits per heavy atom. The Kier molecular flexibility index (Phi) is 4.05. The molecule has 0 atom stereocenters. The van der Waals surface area contributed by atoms with Crippen LogP contribution >= 0.6 is 0 Å². The lowest BCUT2D eigenvalue weighted by Crippen LogP contribution is -2.25. The lowest BCUT2D eigenvalue weighted by molar-refractivity contribution is 0.108. The van der Waals surface area contributed by atoms with Crippen molar-refractivity contribution in [3.05, 3.63) is 23.8 Å². The molecule has 1 aromatic carbocycles. The molecule has 1 rings (SSSR count). The van der Waals surface area contributed by atoms with E-state index in [1.165, 1.54) is 0 Å². The van der Waals surface area contributed by atoms with E-state index in [0.29, 0.717) is 17.1 Å². The van der Waals surface area contributed by atoms with E-state index in [4.69, 9.17) is 9.47 Å². The second-order valence-electron chi connectivity index (χ2n) is 6.25. The van der Waals surface area contributed by atoms with Gasteiger partial charge in [0.25, 0.3) is 0 Å². The SMILES string of the molecule is CC(C)(C)Oc1ccc(C=O)c(OC(C)(C)C)c1. The molecule has 0 radical (unpaired) electrons. The van der Waals surface area contributed by atoms with Crippen molar-refractivity contribution >= 4 is 6.29 Å². The maximum Gasteiger partial charge on any atom is 0.153 e. The van der Waals surface area contributed by atoms with Gasteiger partial charge >= 0.3 is 0 Å². The fourth-order valence-corrected chi connectivity index (χ4v) is 1.45. The van der Waals surface area contributed by atoms with Crippen LogP contribution in [-0.4, -0.2) is 17.5 Å². The molecule has 0 aliphatic rings. The quantitative estimate of drug-likeness (QED) is 0.764. The van der Waals surface area contributed by atoms with E-state index in [-0.39, 0.29) is 11.2 Å². The summed E-state index contributed by atoms with van der Waals surface area (Å²) in [6, 6.07) is 5.26. The standard InChI is InChI=1S/C15H22O3/c1-14(2,3)17-12-8-7-11(10-16)13(9-12)18-15(4,5)6/h7-10H,1-6H3. The van der Waals surface area contributed by atoms with E-state index in [2.05, 4.69) is 0 Å². The maximum absolute atomic E-state index is 11.0. The predicted octanol–water partition coefficient (Wildman–Crippen LogP) is 3.85. The highest BCUT2D eigenvalue weighted by molar-refractivity contribution is 5.79. The molecule has 3 nitrogen and oxygen atoms in total. The average Bonchev–Trinajstić information content (AvgIpc) is 2.12. The van der Waals surface area contributed by atoms with Crippen LogP contribution in [-0.2, 0) is 0 Å².